The summed E-state index contributed by atoms with van der Waals surface area (Å²) in [5.41, 5.74) is 0.384. The molecule has 0 N–H and O–H groups in total. The van der Waals surface area contributed by atoms with Crippen molar-refractivity contribution in [2.24, 2.45) is 0 Å². The monoisotopic (exact) mass is 213 g/mol. The molecule has 0 aromatic heterocycles. The summed E-state index contributed by atoms with van der Waals surface area (Å²) in [6.07, 6.45) is 0. The normalized spacial score (nSPS) is 12.1. The zero-order valence-corrected chi connectivity index (χ0v) is 7.18. The first-order valence-electron chi connectivity index (χ1n) is 3.04. The Morgan fingerprint density at radius 1 is 1.45 bits per heavy atom. The Bertz CT molecular complexity index is 292. The average molecular weight is 214 g/mol. The molecule has 1 rings (SSSR count). The van der Waals surface area contributed by atoms with Gasteiger partial charge in [0, 0.05) is 5.56 Å². The summed E-state index contributed by atoms with van der Waals surface area (Å²) in [5.74, 6) is -0.351. The molecule has 0 amide bonds. The zero-order valence-electron chi connectivity index (χ0n) is 5.59. The molecular weight excluding hydrogens is 209 g/mol. The fourth-order valence-electron chi connectivity index (χ4n) is 0.750. The second-order valence-corrected chi connectivity index (χ2v) is 2.93. The van der Waals surface area contributed by atoms with Gasteiger partial charge in [0.25, 0.3) is 0 Å². The van der Waals surface area contributed by atoms with E-state index < -0.39 is 4.83 Å². The van der Waals surface area contributed by atoms with Crippen LogP contribution in [0.3, 0.4) is 0 Å². The number of nitriles is 1. The van der Waals surface area contributed by atoms with Gasteiger partial charge >= 0.3 is 0 Å². The van der Waals surface area contributed by atoms with Gasteiger partial charge in [0.2, 0.25) is 0 Å². The molecule has 1 nitrogen and oxygen atoms in total. The van der Waals surface area contributed by atoms with Crippen molar-refractivity contribution in [1.82, 2.24) is 0 Å². The molecule has 0 fully saturated rings. The Kier molecular flexibility index (Phi) is 2.61. The van der Waals surface area contributed by atoms with Crippen LogP contribution in [0.4, 0.5) is 4.39 Å². The Morgan fingerprint density at radius 2 is 2.09 bits per heavy atom. The van der Waals surface area contributed by atoms with Gasteiger partial charge in [-0.05, 0) is 6.07 Å². The van der Waals surface area contributed by atoms with E-state index >= 15 is 0 Å². The molecule has 3 heteroatoms. The van der Waals surface area contributed by atoms with E-state index in [0.29, 0.717) is 5.56 Å². The number of nitrogens with zero attached hydrogens (tertiary/aromatic N) is 1. The predicted octanol–water partition coefficient (Wildman–Crippen LogP) is 2.79. The molecule has 11 heavy (non-hydrogen) atoms. The fraction of sp³-hybridized carbons (Fsp3) is 0.125. The van der Waals surface area contributed by atoms with Crippen molar-refractivity contribution in [3.05, 3.63) is 35.6 Å². The number of hydrogen-bond acceptors (Lipinski definition) is 1. The SMILES string of the molecule is N#CC(Br)c1ccccc1F. The molecular formula is C8H5BrFN. The molecule has 0 saturated heterocycles. The summed E-state index contributed by atoms with van der Waals surface area (Å²) in [6, 6.07) is 8.11. The summed E-state index contributed by atoms with van der Waals surface area (Å²) < 4.78 is 12.8. The van der Waals surface area contributed by atoms with Gasteiger partial charge in [0.05, 0.1) is 6.07 Å². The van der Waals surface area contributed by atoms with E-state index in [1.807, 2.05) is 6.07 Å². The van der Waals surface area contributed by atoms with Gasteiger partial charge in [-0.25, -0.2) is 4.39 Å². The first-order chi connectivity index (χ1) is 5.25. The van der Waals surface area contributed by atoms with E-state index in [-0.39, 0.29) is 5.82 Å². The minimum atomic E-state index is -0.552. The lowest BCUT2D eigenvalue weighted by molar-refractivity contribution is 0.615. The average Bonchev–Trinajstić information content (AvgIpc) is 2.04. The van der Waals surface area contributed by atoms with Gasteiger partial charge in [-0.2, -0.15) is 5.26 Å². The number of benzene rings is 1. The van der Waals surface area contributed by atoms with Gasteiger partial charge in [-0.3, -0.25) is 0 Å². The third-order valence-electron chi connectivity index (χ3n) is 1.29. The lowest BCUT2D eigenvalue weighted by Crippen LogP contribution is -1.89. The van der Waals surface area contributed by atoms with Crippen molar-refractivity contribution in [3.63, 3.8) is 0 Å². The van der Waals surface area contributed by atoms with E-state index in [4.69, 9.17) is 5.26 Å². The smallest absolute Gasteiger partial charge is 0.129 e. The van der Waals surface area contributed by atoms with Crippen LogP contribution >= 0.6 is 15.9 Å². The van der Waals surface area contributed by atoms with Crippen molar-refractivity contribution in [1.29, 1.82) is 5.26 Å². The molecule has 0 saturated carbocycles. The second-order valence-electron chi connectivity index (χ2n) is 2.01. The Morgan fingerprint density at radius 3 is 2.64 bits per heavy atom. The Labute approximate surface area is 72.6 Å². The highest BCUT2D eigenvalue weighted by Crippen LogP contribution is 2.23. The van der Waals surface area contributed by atoms with Crippen LogP contribution in [0.15, 0.2) is 24.3 Å². The minimum absolute atomic E-state index is 0.351. The molecule has 56 valence electrons. The van der Waals surface area contributed by atoms with Gasteiger partial charge < -0.3 is 0 Å². The van der Waals surface area contributed by atoms with Gasteiger partial charge in [0.1, 0.15) is 10.6 Å². The summed E-state index contributed by atoms with van der Waals surface area (Å²) in [6.45, 7) is 0. The number of alkyl halides is 1. The van der Waals surface area contributed by atoms with E-state index in [2.05, 4.69) is 15.9 Å². The highest BCUT2D eigenvalue weighted by Gasteiger charge is 2.09. The highest BCUT2D eigenvalue weighted by atomic mass is 79.9. The molecule has 1 atom stereocenters. The first kappa shape index (κ1) is 8.22. The number of hydrogen-bond donors (Lipinski definition) is 0. The maximum Gasteiger partial charge on any atom is 0.129 e. The predicted molar refractivity (Wildman–Crippen MR) is 43.7 cm³/mol. The van der Waals surface area contributed by atoms with Crippen LogP contribution in [0, 0.1) is 17.1 Å². The van der Waals surface area contributed by atoms with Crippen LogP contribution in [0.1, 0.15) is 10.4 Å². The number of halogens is 2. The van der Waals surface area contributed by atoms with E-state index in [9.17, 15) is 4.39 Å². The van der Waals surface area contributed by atoms with Crippen LogP contribution in [0.5, 0.6) is 0 Å². The van der Waals surface area contributed by atoms with Crippen LogP contribution in [-0.4, -0.2) is 0 Å². The van der Waals surface area contributed by atoms with Crippen LogP contribution in [-0.2, 0) is 0 Å². The Balaban J connectivity index is 3.05. The molecule has 0 aliphatic carbocycles. The van der Waals surface area contributed by atoms with Crippen molar-refractivity contribution in [3.8, 4) is 6.07 Å². The van der Waals surface area contributed by atoms with Gasteiger partial charge in [0.15, 0.2) is 0 Å². The summed E-state index contributed by atoms with van der Waals surface area (Å²) in [5, 5.41) is 8.45. The quantitative estimate of drug-likeness (QED) is 0.659. The third-order valence-corrected chi connectivity index (χ3v) is 1.99. The third kappa shape index (κ3) is 1.78. The molecule has 0 spiro atoms. The van der Waals surface area contributed by atoms with Crippen molar-refractivity contribution in [2.75, 3.05) is 0 Å². The topological polar surface area (TPSA) is 23.8 Å². The summed E-state index contributed by atoms with van der Waals surface area (Å²) in [4.78, 5) is -0.552. The highest BCUT2D eigenvalue weighted by molar-refractivity contribution is 9.09. The van der Waals surface area contributed by atoms with E-state index in [0.717, 1.165) is 0 Å². The van der Waals surface area contributed by atoms with Crippen molar-refractivity contribution in [2.45, 2.75) is 4.83 Å². The first-order valence-corrected chi connectivity index (χ1v) is 3.95. The van der Waals surface area contributed by atoms with Gasteiger partial charge in [-0.15, -0.1) is 0 Å². The molecule has 0 bridgehead atoms. The summed E-state index contributed by atoms with van der Waals surface area (Å²) in [7, 11) is 0. The Hall–Kier alpha value is -0.880. The number of rotatable bonds is 1. The fourth-order valence-corrected chi connectivity index (χ4v) is 1.12. The summed E-state index contributed by atoms with van der Waals surface area (Å²) >= 11 is 3.03. The standard InChI is InChI=1S/C8H5BrFN/c9-7(5-11)6-3-1-2-4-8(6)10/h1-4,7H. The minimum Gasteiger partial charge on any atom is -0.207 e. The molecule has 1 unspecified atom stereocenters. The largest absolute Gasteiger partial charge is 0.207 e. The molecule has 0 radical (unpaired) electrons. The maximum atomic E-state index is 12.8. The van der Waals surface area contributed by atoms with Crippen LogP contribution in [0.25, 0.3) is 0 Å². The lowest BCUT2D eigenvalue weighted by Gasteiger charge is -2.00. The van der Waals surface area contributed by atoms with Crippen LogP contribution < -0.4 is 0 Å². The molecule has 1 aromatic rings. The van der Waals surface area contributed by atoms with Gasteiger partial charge in [-0.1, -0.05) is 34.1 Å². The van der Waals surface area contributed by atoms with Crippen molar-refractivity contribution < 1.29 is 4.39 Å². The molecule has 0 aliphatic heterocycles. The second kappa shape index (κ2) is 3.49. The molecule has 1 aromatic carbocycles. The van der Waals surface area contributed by atoms with Crippen molar-refractivity contribution >= 4 is 15.9 Å². The zero-order chi connectivity index (χ0) is 8.27. The van der Waals surface area contributed by atoms with E-state index in [1.165, 1.54) is 6.07 Å². The molecule has 0 aliphatic rings. The molecule has 0 heterocycles. The maximum absolute atomic E-state index is 12.8. The van der Waals surface area contributed by atoms with E-state index in [1.54, 1.807) is 18.2 Å². The lowest BCUT2D eigenvalue weighted by atomic mass is 10.1. The van der Waals surface area contributed by atoms with Crippen LogP contribution in [0.2, 0.25) is 0 Å².